The molecule has 0 N–H and O–H groups in total. The molecular formula is C19H26OS. The Labute approximate surface area is 133 Å². The molecule has 1 aliphatic rings. The van der Waals surface area contributed by atoms with Crippen LogP contribution < -0.4 is 0 Å². The van der Waals surface area contributed by atoms with Gasteiger partial charge in [-0.25, -0.2) is 0 Å². The van der Waals surface area contributed by atoms with E-state index >= 15 is 0 Å². The Balaban J connectivity index is 2.16. The number of rotatable bonds is 4. The summed E-state index contributed by atoms with van der Waals surface area (Å²) in [6.07, 6.45) is 1.74. The summed E-state index contributed by atoms with van der Waals surface area (Å²) in [5, 5.41) is 0.286. The van der Waals surface area contributed by atoms with Crippen LogP contribution in [0.25, 0.3) is 0 Å². The number of ketones is 1. The van der Waals surface area contributed by atoms with Crippen molar-refractivity contribution in [3.63, 3.8) is 0 Å². The molecule has 0 heterocycles. The molecule has 114 valence electrons. The predicted octanol–water partition coefficient (Wildman–Crippen LogP) is 5.36. The van der Waals surface area contributed by atoms with E-state index in [0.29, 0.717) is 24.0 Å². The van der Waals surface area contributed by atoms with Crippen LogP contribution in [0.3, 0.4) is 0 Å². The van der Waals surface area contributed by atoms with Crippen molar-refractivity contribution in [3.05, 3.63) is 42.5 Å². The molecule has 1 nitrogen and oxygen atoms in total. The van der Waals surface area contributed by atoms with Gasteiger partial charge in [-0.1, -0.05) is 51.1 Å². The van der Waals surface area contributed by atoms with Crippen LogP contribution in [-0.2, 0) is 4.79 Å². The first-order chi connectivity index (χ1) is 9.85. The smallest absolute Gasteiger partial charge is 0.140 e. The second kappa shape index (κ2) is 6.39. The molecule has 0 aromatic heterocycles. The molecule has 0 spiro atoms. The maximum Gasteiger partial charge on any atom is 0.140 e. The van der Waals surface area contributed by atoms with E-state index in [2.05, 4.69) is 58.5 Å². The second-order valence-electron chi connectivity index (χ2n) is 6.66. The zero-order chi connectivity index (χ0) is 15.6. The number of carbonyl (C=O) groups is 1. The molecule has 4 atom stereocenters. The number of Topliss-reactive ketones (excluding diaryl/α,β-unsaturated/α-hetero) is 1. The molecule has 2 rings (SSSR count). The van der Waals surface area contributed by atoms with Gasteiger partial charge in [0.1, 0.15) is 5.78 Å². The Kier molecular flexibility index (Phi) is 4.98. The standard InChI is InChI=1S/C19H26OS/c1-13(2)16-11-14(3)19(5,18(20)12-16)15(4)21-17-9-7-6-8-10-17/h6-10,14-16H,1,11-12H2,2-5H3/t14-,15?,16-,19?/m1/s1. The zero-order valence-electron chi connectivity index (χ0n) is 13.6. The molecule has 2 unspecified atom stereocenters. The predicted molar refractivity (Wildman–Crippen MR) is 91.6 cm³/mol. The van der Waals surface area contributed by atoms with Crippen molar-refractivity contribution in [1.29, 1.82) is 0 Å². The lowest BCUT2D eigenvalue weighted by Crippen LogP contribution is -2.47. The summed E-state index contributed by atoms with van der Waals surface area (Å²) in [7, 11) is 0. The van der Waals surface area contributed by atoms with Crippen LogP contribution in [0.15, 0.2) is 47.4 Å². The minimum atomic E-state index is -0.244. The molecule has 1 fully saturated rings. The zero-order valence-corrected chi connectivity index (χ0v) is 14.4. The Morgan fingerprint density at radius 1 is 1.38 bits per heavy atom. The molecule has 0 saturated heterocycles. The van der Waals surface area contributed by atoms with Gasteiger partial charge in [-0.15, -0.1) is 11.8 Å². The first kappa shape index (κ1) is 16.4. The van der Waals surface area contributed by atoms with Gasteiger partial charge in [0.2, 0.25) is 0 Å². The number of benzene rings is 1. The van der Waals surface area contributed by atoms with Gasteiger partial charge in [0.05, 0.1) is 0 Å². The number of thioether (sulfide) groups is 1. The number of allylic oxidation sites excluding steroid dienone is 1. The van der Waals surface area contributed by atoms with Crippen LogP contribution in [0.1, 0.15) is 40.5 Å². The third kappa shape index (κ3) is 3.26. The highest BCUT2D eigenvalue weighted by Gasteiger charge is 2.48. The normalized spacial score (nSPS) is 31.0. The van der Waals surface area contributed by atoms with Gasteiger partial charge in [0, 0.05) is 22.0 Å². The molecule has 0 aliphatic heterocycles. The van der Waals surface area contributed by atoms with Crippen molar-refractivity contribution < 1.29 is 4.79 Å². The summed E-state index contributed by atoms with van der Waals surface area (Å²) in [5.41, 5.74) is 0.910. The molecule has 0 radical (unpaired) electrons. The highest BCUT2D eigenvalue weighted by Crippen LogP contribution is 2.49. The highest BCUT2D eigenvalue weighted by molar-refractivity contribution is 8.00. The van der Waals surface area contributed by atoms with Gasteiger partial charge in [0.25, 0.3) is 0 Å². The molecular weight excluding hydrogens is 276 g/mol. The molecule has 1 aliphatic carbocycles. The number of hydrogen-bond donors (Lipinski definition) is 0. The summed E-state index contributed by atoms with van der Waals surface area (Å²) < 4.78 is 0. The van der Waals surface area contributed by atoms with E-state index in [1.807, 2.05) is 17.8 Å². The Bertz CT molecular complexity index is 522. The monoisotopic (exact) mass is 302 g/mol. The van der Waals surface area contributed by atoms with E-state index in [1.54, 1.807) is 0 Å². The van der Waals surface area contributed by atoms with E-state index in [-0.39, 0.29) is 10.7 Å². The van der Waals surface area contributed by atoms with Crippen molar-refractivity contribution in [2.24, 2.45) is 17.3 Å². The van der Waals surface area contributed by atoms with Crippen molar-refractivity contribution in [2.75, 3.05) is 0 Å². The van der Waals surface area contributed by atoms with Crippen LogP contribution in [0.4, 0.5) is 0 Å². The summed E-state index contributed by atoms with van der Waals surface area (Å²) in [6.45, 7) is 12.7. The van der Waals surface area contributed by atoms with Gasteiger partial charge in [0.15, 0.2) is 0 Å². The van der Waals surface area contributed by atoms with E-state index in [4.69, 9.17) is 0 Å². The average molecular weight is 302 g/mol. The molecule has 1 aromatic rings. The topological polar surface area (TPSA) is 17.1 Å². The van der Waals surface area contributed by atoms with Crippen molar-refractivity contribution in [3.8, 4) is 0 Å². The first-order valence-electron chi connectivity index (χ1n) is 7.76. The van der Waals surface area contributed by atoms with Crippen LogP contribution in [-0.4, -0.2) is 11.0 Å². The molecule has 1 aromatic carbocycles. The lowest BCUT2D eigenvalue weighted by Gasteiger charge is -2.45. The fourth-order valence-corrected chi connectivity index (χ4v) is 4.63. The van der Waals surface area contributed by atoms with E-state index in [0.717, 1.165) is 12.0 Å². The lowest BCUT2D eigenvalue weighted by molar-refractivity contribution is -0.134. The maximum absolute atomic E-state index is 12.8. The minimum Gasteiger partial charge on any atom is -0.299 e. The van der Waals surface area contributed by atoms with Crippen LogP contribution in [0, 0.1) is 17.3 Å². The minimum absolute atomic E-state index is 0.244. The molecule has 0 amide bonds. The summed E-state index contributed by atoms with van der Waals surface area (Å²) in [4.78, 5) is 14.1. The molecule has 21 heavy (non-hydrogen) atoms. The summed E-state index contributed by atoms with van der Waals surface area (Å²) in [5.74, 6) is 1.17. The number of carbonyl (C=O) groups excluding carboxylic acids is 1. The fraction of sp³-hybridized carbons (Fsp3) is 0.526. The van der Waals surface area contributed by atoms with Gasteiger partial charge in [-0.2, -0.15) is 0 Å². The van der Waals surface area contributed by atoms with Crippen LogP contribution >= 0.6 is 11.8 Å². The van der Waals surface area contributed by atoms with Crippen LogP contribution in [0.5, 0.6) is 0 Å². The van der Waals surface area contributed by atoms with Gasteiger partial charge < -0.3 is 0 Å². The van der Waals surface area contributed by atoms with Crippen LogP contribution in [0.2, 0.25) is 0 Å². The average Bonchev–Trinajstić information content (AvgIpc) is 2.45. The van der Waals surface area contributed by atoms with E-state index in [1.165, 1.54) is 4.90 Å². The summed E-state index contributed by atoms with van der Waals surface area (Å²) in [6, 6.07) is 10.4. The lowest BCUT2D eigenvalue weighted by atomic mass is 9.62. The molecule has 0 bridgehead atoms. The van der Waals surface area contributed by atoms with E-state index < -0.39 is 0 Å². The number of hydrogen-bond acceptors (Lipinski definition) is 2. The second-order valence-corrected chi connectivity index (χ2v) is 8.08. The van der Waals surface area contributed by atoms with Gasteiger partial charge in [-0.05, 0) is 37.3 Å². The maximum atomic E-state index is 12.8. The van der Waals surface area contributed by atoms with Crippen molar-refractivity contribution in [2.45, 2.75) is 50.7 Å². The Morgan fingerprint density at radius 3 is 2.52 bits per heavy atom. The quantitative estimate of drug-likeness (QED) is 0.550. The van der Waals surface area contributed by atoms with E-state index in [9.17, 15) is 4.79 Å². The van der Waals surface area contributed by atoms with Crippen molar-refractivity contribution in [1.82, 2.24) is 0 Å². The fourth-order valence-electron chi connectivity index (χ4n) is 3.30. The third-order valence-corrected chi connectivity index (χ3v) is 6.68. The third-order valence-electron chi connectivity index (χ3n) is 5.29. The van der Waals surface area contributed by atoms with Gasteiger partial charge >= 0.3 is 0 Å². The first-order valence-corrected chi connectivity index (χ1v) is 8.64. The molecule has 1 saturated carbocycles. The van der Waals surface area contributed by atoms with Crippen molar-refractivity contribution >= 4 is 17.5 Å². The van der Waals surface area contributed by atoms with Gasteiger partial charge in [-0.3, -0.25) is 4.79 Å². The SMILES string of the molecule is C=C(C)[C@H]1CC(=O)C(C)(C(C)Sc2ccccc2)[C@H](C)C1. The molecule has 2 heteroatoms. The summed E-state index contributed by atoms with van der Waals surface area (Å²) >= 11 is 1.82. The largest absolute Gasteiger partial charge is 0.299 e. The Morgan fingerprint density at radius 2 is 2.00 bits per heavy atom. The highest BCUT2D eigenvalue weighted by atomic mass is 32.2. The Hall–Kier alpha value is -1.02.